The highest BCUT2D eigenvalue weighted by Crippen LogP contribution is 2.19. The quantitative estimate of drug-likeness (QED) is 0.689. The van der Waals surface area contributed by atoms with Gasteiger partial charge >= 0.3 is 0 Å². The zero-order valence-electron chi connectivity index (χ0n) is 16.4. The summed E-state index contributed by atoms with van der Waals surface area (Å²) in [6.45, 7) is 1.78. The van der Waals surface area contributed by atoms with Crippen LogP contribution in [0.25, 0.3) is 0 Å². The fourth-order valence-corrected chi connectivity index (χ4v) is 3.95. The van der Waals surface area contributed by atoms with Crippen LogP contribution < -0.4 is 5.32 Å². The van der Waals surface area contributed by atoms with Crippen molar-refractivity contribution in [1.82, 2.24) is 10.2 Å². The number of likely N-dealkylation sites (tertiary alicyclic amines) is 1. The Labute approximate surface area is 171 Å². The fourth-order valence-electron chi connectivity index (χ4n) is 3.54. The Bertz CT molecular complexity index is 777. The molecule has 2 aromatic rings. The second-order valence-electron chi connectivity index (χ2n) is 7.23. The molecule has 0 aromatic heterocycles. The number of benzene rings is 2. The van der Waals surface area contributed by atoms with Crippen molar-refractivity contribution >= 4 is 23.6 Å². The molecule has 1 N–H and O–H groups in total. The molecule has 1 aliphatic heterocycles. The van der Waals surface area contributed by atoms with Gasteiger partial charge in [-0.3, -0.25) is 9.59 Å². The minimum Gasteiger partial charge on any atom is -0.352 e. The minimum atomic E-state index is -0.111. The molecule has 5 heteroatoms. The monoisotopic (exact) mass is 396 g/mol. The number of hydrogen-bond donors (Lipinski definition) is 1. The lowest BCUT2D eigenvalue weighted by molar-refractivity contribution is -0.138. The molecule has 1 saturated heterocycles. The van der Waals surface area contributed by atoms with Crippen molar-refractivity contribution in [2.24, 2.45) is 5.92 Å². The Balaban J connectivity index is 1.45. The average molecular weight is 397 g/mol. The summed E-state index contributed by atoms with van der Waals surface area (Å²) < 4.78 is 0. The van der Waals surface area contributed by atoms with Crippen molar-refractivity contribution < 1.29 is 9.59 Å². The van der Waals surface area contributed by atoms with Gasteiger partial charge in [-0.1, -0.05) is 42.5 Å². The van der Waals surface area contributed by atoms with Crippen LogP contribution >= 0.6 is 11.8 Å². The lowest BCUT2D eigenvalue weighted by atomic mass is 9.96. The van der Waals surface area contributed by atoms with Gasteiger partial charge in [0.25, 0.3) is 0 Å². The number of nitrogens with one attached hydrogen (secondary N) is 1. The molecule has 1 aliphatic rings. The first-order chi connectivity index (χ1) is 13.7. The van der Waals surface area contributed by atoms with Crippen LogP contribution in [0.1, 0.15) is 30.4 Å². The van der Waals surface area contributed by atoms with Crippen molar-refractivity contribution in [2.45, 2.75) is 37.1 Å². The van der Waals surface area contributed by atoms with Crippen molar-refractivity contribution in [2.75, 3.05) is 19.3 Å². The van der Waals surface area contributed by atoms with Gasteiger partial charge < -0.3 is 10.2 Å². The van der Waals surface area contributed by atoms with Crippen molar-refractivity contribution in [3.63, 3.8) is 0 Å². The van der Waals surface area contributed by atoms with E-state index < -0.39 is 0 Å². The van der Waals surface area contributed by atoms with Crippen LogP contribution in [0.2, 0.25) is 0 Å². The molecule has 0 saturated carbocycles. The number of hydrogen-bond acceptors (Lipinski definition) is 3. The summed E-state index contributed by atoms with van der Waals surface area (Å²) >= 11 is 1.71. The Morgan fingerprint density at radius 3 is 2.57 bits per heavy atom. The number of rotatable bonds is 8. The van der Waals surface area contributed by atoms with Crippen molar-refractivity contribution in [1.29, 1.82) is 0 Å². The normalized spacial score (nSPS) is 16.8. The standard InChI is InChI=1S/C23H28N2O2S/c1-28-21-12-9-19(10-13-21)16-24-23(27)20-11-14-22(26)25(17-20)15-5-8-18-6-3-2-4-7-18/h2-4,6-7,9-10,12-13,20H,5,8,11,14-17H2,1H3,(H,24,27)/t20-/m0/s1. The largest absolute Gasteiger partial charge is 0.352 e. The molecule has 4 nitrogen and oxygen atoms in total. The van der Waals surface area contributed by atoms with Gasteiger partial charge in [-0.25, -0.2) is 0 Å². The molecule has 2 aromatic carbocycles. The van der Waals surface area contributed by atoms with Crippen molar-refractivity contribution in [3.05, 3.63) is 65.7 Å². The second-order valence-corrected chi connectivity index (χ2v) is 8.11. The maximum Gasteiger partial charge on any atom is 0.225 e. The van der Waals surface area contributed by atoms with Crippen molar-refractivity contribution in [3.8, 4) is 0 Å². The zero-order chi connectivity index (χ0) is 19.8. The molecule has 148 valence electrons. The maximum absolute atomic E-state index is 12.6. The molecule has 0 unspecified atom stereocenters. The third-order valence-corrected chi connectivity index (χ3v) is 5.98. The molecule has 1 heterocycles. The molecule has 0 spiro atoms. The average Bonchev–Trinajstić information content (AvgIpc) is 2.74. The van der Waals surface area contributed by atoms with Crippen LogP contribution in [0, 0.1) is 5.92 Å². The molecule has 0 radical (unpaired) electrons. The Hall–Kier alpha value is -2.27. The van der Waals surface area contributed by atoms with Crippen LogP contribution in [-0.2, 0) is 22.6 Å². The van der Waals surface area contributed by atoms with Crippen LogP contribution in [0.5, 0.6) is 0 Å². The predicted octanol–water partition coefficient (Wildman–Crippen LogP) is 3.90. The van der Waals surface area contributed by atoms with E-state index in [1.807, 2.05) is 41.5 Å². The Morgan fingerprint density at radius 2 is 1.86 bits per heavy atom. The summed E-state index contributed by atoms with van der Waals surface area (Å²) in [6, 6.07) is 18.5. The van der Waals surface area contributed by atoms with E-state index in [-0.39, 0.29) is 17.7 Å². The lowest BCUT2D eigenvalue weighted by Crippen LogP contribution is -2.46. The highest BCUT2D eigenvalue weighted by molar-refractivity contribution is 7.98. The van der Waals surface area contributed by atoms with E-state index in [1.165, 1.54) is 10.5 Å². The summed E-state index contributed by atoms with van der Waals surface area (Å²) in [4.78, 5) is 27.9. The summed E-state index contributed by atoms with van der Waals surface area (Å²) in [6.07, 6.45) is 5.03. The first-order valence-electron chi connectivity index (χ1n) is 9.88. The second kappa shape index (κ2) is 10.3. The molecule has 1 fully saturated rings. The molecule has 28 heavy (non-hydrogen) atoms. The summed E-state index contributed by atoms with van der Waals surface area (Å²) in [7, 11) is 0. The summed E-state index contributed by atoms with van der Waals surface area (Å²) in [5.41, 5.74) is 2.38. The number of carbonyl (C=O) groups excluding carboxylic acids is 2. The molecule has 0 aliphatic carbocycles. The van der Waals surface area contributed by atoms with Crippen LogP contribution in [0.3, 0.4) is 0 Å². The topological polar surface area (TPSA) is 49.4 Å². The highest BCUT2D eigenvalue weighted by Gasteiger charge is 2.29. The fraction of sp³-hybridized carbons (Fsp3) is 0.391. The van der Waals surface area contributed by atoms with E-state index in [0.29, 0.717) is 32.5 Å². The number of piperidine rings is 1. The zero-order valence-corrected chi connectivity index (χ0v) is 17.2. The maximum atomic E-state index is 12.6. The first kappa shape index (κ1) is 20.5. The van der Waals surface area contributed by atoms with Crippen LogP contribution in [0.15, 0.2) is 59.5 Å². The van der Waals surface area contributed by atoms with E-state index in [1.54, 1.807) is 11.8 Å². The number of amides is 2. The predicted molar refractivity (Wildman–Crippen MR) is 114 cm³/mol. The van der Waals surface area contributed by atoms with Gasteiger partial charge in [0, 0.05) is 31.0 Å². The Morgan fingerprint density at radius 1 is 1.11 bits per heavy atom. The number of aryl methyl sites for hydroxylation is 1. The third-order valence-electron chi connectivity index (χ3n) is 5.23. The smallest absolute Gasteiger partial charge is 0.225 e. The summed E-state index contributed by atoms with van der Waals surface area (Å²) in [5.74, 6) is 0.110. The van der Waals surface area contributed by atoms with Gasteiger partial charge in [0.15, 0.2) is 0 Å². The van der Waals surface area contributed by atoms with Gasteiger partial charge in [0.1, 0.15) is 0 Å². The molecule has 3 rings (SSSR count). The molecular weight excluding hydrogens is 368 g/mol. The molecule has 0 bridgehead atoms. The van der Waals surface area contributed by atoms with E-state index in [2.05, 4.69) is 29.6 Å². The van der Waals surface area contributed by atoms with E-state index in [9.17, 15) is 9.59 Å². The van der Waals surface area contributed by atoms with Gasteiger partial charge in [-0.05, 0) is 48.8 Å². The van der Waals surface area contributed by atoms with Crippen LogP contribution in [-0.4, -0.2) is 36.1 Å². The third kappa shape index (κ3) is 5.86. The molecule has 1 atom stereocenters. The first-order valence-corrected chi connectivity index (χ1v) is 11.1. The number of thioether (sulfide) groups is 1. The Kier molecular flexibility index (Phi) is 7.54. The van der Waals surface area contributed by atoms with E-state index in [0.717, 1.165) is 18.4 Å². The number of carbonyl (C=O) groups is 2. The lowest BCUT2D eigenvalue weighted by Gasteiger charge is -2.32. The molecule has 2 amide bonds. The number of nitrogens with zero attached hydrogens (tertiary/aromatic N) is 1. The summed E-state index contributed by atoms with van der Waals surface area (Å²) in [5, 5.41) is 3.04. The van der Waals surface area contributed by atoms with Gasteiger partial charge in [-0.2, -0.15) is 0 Å². The van der Waals surface area contributed by atoms with E-state index >= 15 is 0 Å². The van der Waals surface area contributed by atoms with Crippen LogP contribution in [0.4, 0.5) is 0 Å². The molecular formula is C23H28N2O2S. The van der Waals surface area contributed by atoms with Gasteiger partial charge in [0.05, 0.1) is 5.92 Å². The van der Waals surface area contributed by atoms with Gasteiger partial charge in [-0.15, -0.1) is 11.8 Å². The highest BCUT2D eigenvalue weighted by atomic mass is 32.2. The minimum absolute atomic E-state index is 0.0505. The SMILES string of the molecule is CSc1ccc(CNC(=O)[C@H]2CCC(=O)N(CCCc3ccccc3)C2)cc1. The van der Waals surface area contributed by atoms with Gasteiger partial charge in [0.2, 0.25) is 11.8 Å². The van der Waals surface area contributed by atoms with E-state index in [4.69, 9.17) is 0 Å².